The van der Waals surface area contributed by atoms with Crippen LogP contribution in [0.4, 0.5) is 0 Å². The van der Waals surface area contributed by atoms with E-state index in [0.29, 0.717) is 5.57 Å². The zero-order chi connectivity index (χ0) is 17.9. The molecule has 0 saturated heterocycles. The van der Waals surface area contributed by atoms with E-state index in [4.69, 9.17) is 4.74 Å². The molecule has 0 aliphatic heterocycles. The molecule has 24 heavy (non-hydrogen) atoms. The lowest BCUT2D eigenvalue weighted by atomic mass is 9.90. The molecule has 0 saturated carbocycles. The van der Waals surface area contributed by atoms with E-state index >= 15 is 0 Å². The molecule has 124 valence electrons. The maximum atomic E-state index is 12.7. The predicted molar refractivity (Wildman–Crippen MR) is 92.1 cm³/mol. The summed E-state index contributed by atoms with van der Waals surface area (Å²) >= 11 is 0. The van der Waals surface area contributed by atoms with Crippen LogP contribution in [0.1, 0.15) is 33.3 Å². The van der Waals surface area contributed by atoms with Crippen LogP contribution in [0.15, 0.2) is 58.9 Å². The van der Waals surface area contributed by atoms with Crippen molar-refractivity contribution in [3.8, 4) is 0 Å². The largest absolute Gasteiger partial charge is 0.486 e. The molecule has 1 aromatic carbocycles. The van der Waals surface area contributed by atoms with Crippen molar-refractivity contribution in [3.05, 3.63) is 64.4 Å². The van der Waals surface area contributed by atoms with Gasteiger partial charge in [-0.15, -0.1) is 0 Å². The highest BCUT2D eigenvalue weighted by molar-refractivity contribution is 6.36. The number of hydrogen-bond acceptors (Lipinski definition) is 4. The third-order valence-corrected chi connectivity index (χ3v) is 3.51. The zero-order valence-corrected chi connectivity index (χ0v) is 14.3. The summed E-state index contributed by atoms with van der Waals surface area (Å²) in [5.74, 6) is -1.55. The molecular weight excluding hydrogens is 304 g/mol. The fourth-order valence-electron chi connectivity index (χ4n) is 2.36. The van der Waals surface area contributed by atoms with Crippen LogP contribution < -0.4 is 0 Å². The number of carbonyl (C=O) groups is 3. The Morgan fingerprint density at radius 3 is 2.33 bits per heavy atom. The Bertz CT molecular complexity index is 777. The molecule has 1 aromatic rings. The number of benzene rings is 1. The summed E-state index contributed by atoms with van der Waals surface area (Å²) in [4.78, 5) is 37.4. The second-order valence-corrected chi connectivity index (χ2v) is 5.96. The van der Waals surface area contributed by atoms with Gasteiger partial charge in [-0.1, -0.05) is 30.3 Å². The third-order valence-electron chi connectivity index (χ3n) is 3.51. The first-order chi connectivity index (χ1) is 11.3. The number of hydrogen-bond donors (Lipinski definition) is 0. The van der Waals surface area contributed by atoms with Crippen molar-refractivity contribution >= 4 is 23.4 Å². The van der Waals surface area contributed by atoms with Crippen LogP contribution in [0.5, 0.6) is 0 Å². The van der Waals surface area contributed by atoms with Gasteiger partial charge in [0.2, 0.25) is 5.78 Å². The minimum absolute atomic E-state index is 0.152. The van der Waals surface area contributed by atoms with Crippen LogP contribution in [0, 0.1) is 0 Å². The second kappa shape index (κ2) is 7.21. The van der Waals surface area contributed by atoms with E-state index in [1.165, 1.54) is 13.0 Å². The number of Topliss-reactive ketones (excluding diaryl/α,β-unsaturated/α-hetero) is 2. The zero-order valence-electron chi connectivity index (χ0n) is 14.3. The number of carbonyl (C=O) groups excluding carboxylic acids is 3. The molecule has 0 amide bonds. The SMILES string of the molecule is CC1=CC(=O)C(C(=O)/C(C)=C/c2ccccc2)=C(OC(C)C)C1=O. The molecule has 0 atom stereocenters. The Hall–Kier alpha value is -2.75. The monoisotopic (exact) mass is 324 g/mol. The third kappa shape index (κ3) is 3.77. The molecular formula is C20H20O4. The lowest BCUT2D eigenvalue weighted by Crippen LogP contribution is -2.26. The molecule has 0 heterocycles. The van der Waals surface area contributed by atoms with Gasteiger partial charge in [-0.2, -0.15) is 0 Å². The van der Waals surface area contributed by atoms with Crippen LogP contribution in [0.25, 0.3) is 6.08 Å². The fourth-order valence-corrected chi connectivity index (χ4v) is 2.36. The molecule has 0 aromatic heterocycles. The lowest BCUT2D eigenvalue weighted by molar-refractivity contribution is -0.122. The van der Waals surface area contributed by atoms with Crippen LogP contribution in [-0.4, -0.2) is 23.5 Å². The molecule has 0 fully saturated rings. The highest BCUT2D eigenvalue weighted by Crippen LogP contribution is 2.25. The first-order valence-electron chi connectivity index (χ1n) is 7.77. The molecule has 0 bridgehead atoms. The van der Waals surface area contributed by atoms with E-state index in [0.717, 1.165) is 5.56 Å². The summed E-state index contributed by atoms with van der Waals surface area (Å²) in [6.07, 6.45) is 2.56. The molecule has 4 nitrogen and oxygen atoms in total. The quantitative estimate of drug-likeness (QED) is 0.473. The minimum Gasteiger partial charge on any atom is -0.486 e. The Kier molecular flexibility index (Phi) is 5.29. The van der Waals surface area contributed by atoms with E-state index in [-0.39, 0.29) is 23.0 Å². The summed E-state index contributed by atoms with van der Waals surface area (Å²) in [6.45, 7) is 6.65. The van der Waals surface area contributed by atoms with Crippen molar-refractivity contribution < 1.29 is 19.1 Å². The van der Waals surface area contributed by atoms with Gasteiger partial charge in [-0.3, -0.25) is 14.4 Å². The van der Waals surface area contributed by atoms with Crippen molar-refractivity contribution in [1.29, 1.82) is 0 Å². The van der Waals surface area contributed by atoms with Gasteiger partial charge in [-0.25, -0.2) is 0 Å². The fraction of sp³-hybridized carbons (Fsp3) is 0.250. The van der Waals surface area contributed by atoms with Crippen LogP contribution in [-0.2, 0) is 19.1 Å². The first-order valence-corrected chi connectivity index (χ1v) is 7.77. The van der Waals surface area contributed by atoms with E-state index in [2.05, 4.69) is 0 Å². The average Bonchev–Trinajstić information content (AvgIpc) is 2.52. The van der Waals surface area contributed by atoms with Gasteiger partial charge in [0.15, 0.2) is 17.3 Å². The molecule has 2 rings (SSSR count). The van der Waals surface area contributed by atoms with E-state index in [9.17, 15) is 14.4 Å². The van der Waals surface area contributed by atoms with Crippen molar-refractivity contribution in [2.75, 3.05) is 0 Å². The van der Waals surface area contributed by atoms with Gasteiger partial charge in [0, 0.05) is 5.57 Å². The number of ether oxygens (including phenoxy) is 1. The second-order valence-electron chi connectivity index (χ2n) is 5.96. The smallest absolute Gasteiger partial charge is 0.224 e. The van der Waals surface area contributed by atoms with Gasteiger partial charge in [-0.05, 0) is 51.0 Å². The molecule has 1 aliphatic rings. The average molecular weight is 324 g/mol. The van der Waals surface area contributed by atoms with Crippen molar-refractivity contribution in [2.45, 2.75) is 33.8 Å². The first kappa shape index (κ1) is 17.6. The number of ketones is 3. The van der Waals surface area contributed by atoms with Crippen LogP contribution in [0.3, 0.4) is 0 Å². The summed E-state index contributed by atoms with van der Waals surface area (Å²) in [7, 11) is 0. The molecule has 0 spiro atoms. The van der Waals surface area contributed by atoms with Gasteiger partial charge in [0.05, 0.1) is 6.10 Å². The maximum absolute atomic E-state index is 12.7. The summed E-state index contributed by atoms with van der Waals surface area (Å²) < 4.78 is 5.50. The molecule has 4 heteroatoms. The van der Waals surface area contributed by atoms with Crippen LogP contribution >= 0.6 is 0 Å². The predicted octanol–water partition coefficient (Wildman–Crippen LogP) is 3.44. The lowest BCUT2D eigenvalue weighted by Gasteiger charge is -2.19. The Morgan fingerprint density at radius 1 is 1.12 bits per heavy atom. The topological polar surface area (TPSA) is 60.4 Å². The maximum Gasteiger partial charge on any atom is 0.224 e. The van der Waals surface area contributed by atoms with E-state index < -0.39 is 17.3 Å². The standard InChI is InChI=1S/C20H20O4/c1-12(2)24-20-17(16(21)11-14(4)19(20)23)18(22)13(3)10-15-8-6-5-7-9-15/h5-12H,1-4H3/b13-10+. The normalized spacial score (nSPS) is 15.7. The van der Waals surface area contributed by atoms with Gasteiger partial charge < -0.3 is 4.74 Å². The molecule has 1 aliphatic carbocycles. The highest BCUT2D eigenvalue weighted by atomic mass is 16.5. The number of allylic oxidation sites excluding steroid dienone is 4. The van der Waals surface area contributed by atoms with Gasteiger partial charge in [0.25, 0.3) is 0 Å². The summed E-state index contributed by atoms with van der Waals surface area (Å²) in [5.41, 5.74) is 1.30. The van der Waals surface area contributed by atoms with E-state index in [1.54, 1.807) is 26.8 Å². The summed E-state index contributed by atoms with van der Waals surface area (Å²) in [5, 5.41) is 0. The van der Waals surface area contributed by atoms with Crippen molar-refractivity contribution in [2.24, 2.45) is 0 Å². The van der Waals surface area contributed by atoms with Crippen LogP contribution in [0.2, 0.25) is 0 Å². The Morgan fingerprint density at radius 2 is 1.75 bits per heavy atom. The summed E-state index contributed by atoms with van der Waals surface area (Å²) in [6, 6.07) is 9.31. The molecule has 0 N–H and O–H groups in total. The minimum atomic E-state index is -0.492. The van der Waals surface area contributed by atoms with Crippen molar-refractivity contribution in [3.63, 3.8) is 0 Å². The van der Waals surface area contributed by atoms with E-state index in [1.807, 2.05) is 30.3 Å². The molecule has 0 unspecified atom stereocenters. The van der Waals surface area contributed by atoms with Crippen molar-refractivity contribution in [1.82, 2.24) is 0 Å². The highest BCUT2D eigenvalue weighted by Gasteiger charge is 2.33. The van der Waals surface area contributed by atoms with Gasteiger partial charge in [0.1, 0.15) is 5.57 Å². The number of rotatable bonds is 5. The van der Waals surface area contributed by atoms with Gasteiger partial charge >= 0.3 is 0 Å². The molecule has 0 radical (unpaired) electrons. The Balaban J connectivity index is 2.47. The Labute approximate surface area is 141 Å².